The SMILES string of the molecule is COC(=O)C(Br)CNC(C)c1c(C)noc1C. The number of halogens is 1. The van der Waals surface area contributed by atoms with Crippen LogP contribution in [-0.4, -0.2) is 29.6 Å². The predicted octanol–water partition coefficient (Wildman–Crippen LogP) is 1.88. The fourth-order valence-corrected chi connectivity index (χ4v) is 2.08. The van der Waals surface area contributed by atoms with E-state index < -0.39 is 0 Å². The fourth-order valence-electron chi connectivity index (χ4n) is 1.70. The number of esters is 1. The van der Waals surface area contributed by atoms with Crippen LogP contribution in [0.25, 0.3) is 0 Å². The van der Waals surface area contributed by atoms with Crippen LogP contribution >= 0.6 is 15.9 Å². The van der Waals surface area contributed by atoms with Crippen LogP contribution in [0.2, 0.25) is 0 Å². The van der Waals surface area contributed by atoms with E-state index in [1.807, 2.05) is 20.8 Å². The molecule has 0 fully saturated rings. The molecule has 0 saturated carbocycles. The molecular weight excluding hydrogens is 288 g/mol. The first kappa shape index (κ1) is 14.2. The zero-order valence-corrected chi connectivity index (χ0v) is 12.0. The largest absolute Gasteiger partial charge is 0.468 e. The van der Waals surface area contributed by atoms with E-state index in [9.17, 15) is 4.79 Å². The quantitative estimate of drug-likeness (QED) is 0.664. The molecule has 0 radical (unpaired) electrons. The van der Waals surface area contributed by atoms with Gasteiger partial charge in [0.1, 0.15) is 10.6 Å². The molecule has 0 aromatic carbocycles. The average Bonchev–Trinajstić information content (AvgIpc) is 2.64. The Balaban J connectivity index is 2.56. The second kappa shape index (κ2) is 6.16. The molecule has 0 aliphatic heterocycles. The van der Waals surface area contributed by atoms with E-state index in [2.05, 4.69) is 31.1 Å². The summed E-state index contributed by atoms with van der Waals surface area (Å²) in [6.45, 7) is 6.26. The Bertz CT molecular complexity index is 373. The number of carbonyl (C=O) groups excluding carboxylic acids is 1. The first-order chi connectivity index (χ1) is 7.97. The molecule has 2 unspecified atom stereocenters. The third-order valence-corrected chi connectivity index (χ3v) is 3.28. The summed E-state index contributed by atoms with van der Waals surface area (Å²) in [7, 11) is 1.37. The first-order valence-electron chi connectivity index (χ1n) is 5.35. The lowest BCUT2D eigenvalue weighted by Gasteiger charge is -2.15. The molecule has 1 aromatic heterocycles. The number of ether oxygens (including phenoxy) is 1. The lowest BCUT2D eigenvalue weighted by atomic mass is 10.1. The third kappa shape index (κ3) is 3.54. The van der Waals surface area contributed by atoms with Crippen molar-refractivity contribution in [2.75, 3.05) is 13.7 Å². The Morgan fingerprint density at radius 2 is 2.24 bits per heavy atom. The summed E-state index contributed by atoms with van der Waals surface area (Å²) < 4.78 is 9.72. The molecule has 0 bridgehead atoms. The average molecular weight is 305 g/mol. The minimum Gasteiger partial charge on any atom is -0.468 e. The molecule has 0 amide bonds. The van der Waals surface area contributed by atoms with Gasteiger partial charge in [-0.15, -0.1) is 0 Å². The standard InChI is InChI=1S/C11H17BrN2O3/c1-6(10-7(2)14-17-8(10)3)13-5-9(12)11(15)16-4/h6,9,13H,5H2,1-4H3. The van der Waals surface area contributed by atoms with Gasteiger partial charge in [0.25, 0.3) is 0 Å². The van der Waals surface area contributed by atoms with Crippen molar-refractivity contribution in [3.63, 3.8) is 0 Å². The highest BCUT2D eigenvalue weighted by Crippen LogP contribution is 2.20. The molecule has 0 aliphatic rings. The van der Waals surface area contributed by atoms with E-state index >= 15 is 0 Å². The molecule has 0 saturated heterocycles. The number of nitrogens with zero attached hydrogens (tertiary/aromatic N) is 1. The summed E-state index contributed by atoms with van der Waals surface area (Å²) in [6.07, 6.45) is 0. The summed E-state index contributed by atoms with van der Waals surface area (Å²) in [4.78, 5) is 10.9. The zero-order chi connectivity index (χ0) is 13.0. The summed E-state index contributed by atoms with van der Waals surface area (Å²) in [5.74, 6) is 0.509. The Morgan fingerprint density at radius 1 is 1.59 bits per heavy atom. The van der Waals surface area contributed by atoms with Crippen molar-refractivity contribution in [1.82, 2.24) is 10.5 Å². The number of hydrogen-bond donors (Lipinski definition) is 1. The van der Waals surface area contributed by atoms with E-state index in [4.69, 9.17) is 4.52 Å². The van der Waals surface area contributed by atoms with Crippen molar-refractivity contribution in [3.05, 3.63) is 17.0 Å². The van der Waals surface area contributed by atoms with Crippen LogP contribution in [0, 0.1) is 13.8 Å². The monoisotopic (exact) mass is 304 g/mol. The Morgan fingerprint density at radius 3 is 2.71 bits per heavy atom. The number of alkyl halides is 1. The minimum atomic E-state index is -0.351. The molecule has 6 heteroatoms. The van der Waals surface area contributed by atoms with Crippen molar-refractivity contribution in [1.29, 1.82) is 0 Å². The molecular formula is C11H17BrN2O3. The van der Waals surface area contributed by atoms with Gasteiger partial charge >= 0.3 is 5.97 Å². The molecule has 1 rings (SSSR count). The van der Waals surface area contributed by atoms with Gasteiger partial charge in [-0.1, -0.05) is 21.1 Å². The van der Waals surface area contributed by atoms with Crippen molar-refractivity contribution in [2.45, 2.75) is 31.6 Å². The van der Waals surface area contributed by atoms with Crippen LogP contribution in [0.3, 0.4) is 0 Å². The number of carbonyl (C=O) groups is 1. The molecule has 5 nitrogen and oxygen atoms in total. The number of nitrogens with one attached hydrogen (secondary N) is 1. The van der Waals surface area contributed by atoms with E-state index in [1.165, 1.54) is 7.11 Å². The maximum atomic E-state index is 11.2. The zero-order valence-electron chi connectivity index (χ0n) is 10.4. The van der Waals surface area contributed by atoms with E-state index in [-0.39, 0.29) is 16.8 Å². The third-order valence-electron chi connectivity index (χ3n) is 2.58. The van der Waals surface area contributed by atoms with Crippen molar-refractivity contribution < 1.29 is 14.1 Å². The molecule has 17 heavy (non-hydrogen) atoms. The molecule has 1 N–H and O–H groups in total. The summed E-state index contributed by atoms with van der Waals surface area (Å²) in [5.41, 5.74) is 1.90. The maximum absolute atomic E-state index is 11.2. The van der Waals surface area contributed by atoms with Gasteiger partial charge in [0.2, 0.25) is 0 Å². The van der Waals surface area contributed by atoms with Crippen LogP contribution in [0.5, 0.6) is 0 Å². The number of aromatic nitrogens is 1. The minimum absolute atomic E-state index is 0.0750. The van der Waals surface area contributed by atoms with Crippen LogP contribution in [-0.2, 0) is 9.53 Å². The second-order valence-corrected chi connectivity index (χ2v) is 4.96. The Hall–Kier alpha value is -0.880. The van der Waals surface area contributed by atoms with E-state index in [0.717, 1.165) is 17.0 Å². The van der Waals surface area contributed by atoms with Gasteiger partial charge < -0.3 is 14.6 Å². The van der Waals surface area contributed by atoms with E-state index in [1.54, 1.807) is 0 Å². The molecule has 96 valence electrons. The smallest absolute Gasteiger partial charge is 0.320 e. The van der Waals surface area contributed by atoms with Gasteiger partial charge in [0.15, 0.2) is 0 Å². The van der Waals surface area contributed by atoms with Crippen LogP contribution < -0.4 is 5.32 Å². The fraction of sp³-hybridized carbons (Fsp3) is 0.636. The van der Waals surface area contributed by atoms with Crippen molar-refractivity contribution in [2.24, 2.45) is 0 Å². The van der Waals surface area contributed by atoms with Gasteiger partial charge in [-0.2, -0.15) is 0 Å². The van der Waals surface area contributed by atoms with Gasteiger partial charge in [-0.25, -0.2) is 0 Å². The van der Waals surface area contributed by atoms with Crippen molar-refractivity contribution in [3.8, 4) is 0 Å². The van der Waals surface area contributed by atoms with Crippen LogP contribution in [0.4, 0.5) is 0 Å². The summed E-state index contributed by atoms with van der Waals surface area (Å²) >= 11 is 3.26. The van der Waals surface area contributed by atoms with Gasteiger partial charge in [-0.05, 0) is 20.8 Å². The number of aryl methyl sites for hydroxylation is 2. The molecule has 1 aromatic rings. The lowest BCUT2D eigenvalue weighted by molar-refractivity contribution is -0.139. The lowest BCUT2D eigenvalue weighted by Crippen LogP contribution is -2.31. The topological polar surface area (TPSA) is 64.4 Å². The highest BCUT2D eigenvalue weighted by Gasteiger charge is 2.19. The van der Waals surface area contributed by atoms with Crippen LogP contribution in [0.15, 0.2) is 4.52 Å². The van der Waals surface area contributed by atoms with Gasteiger partial charge in [-0.3, -0.25) is 4.79 Å². The number of methoxy groups -OCH3 is 1. The normalized spacial score (nSPS) is 14.4. The predicted molar refractivity (Wildman–Crippen MR) is 67.1 cm³/mol. The first-order valence-corrected chi connectivity index (χ1v) is 6.27. The summed E-state index contributed by atoms with van der Waals surface area (Å²) in [6, 6.07) is 0.0750. The number of rotatable bonds is 5. The number of hydrogen-bond acceptors (Lipinski definition) is 5. The summed E-state index contributed by atoms with van der Waals surface area (Å²) in [5, 5.41) is 7.13. The molecule has 1 heterocycles. The Kier molecular flexibility index (Phi) is 5.14. The molecule has 0 aliphatic carbocycles. The van der Waals surface area contributed by atoms with Gasteiger partial charge in [0, 0.05) is 18.2 Å². The maximum Gasteiger partial charge on any atom is 0.320 e. The van der Waals surface area contributed by atoms with Crippen molar-refractivity contribution >= 4 is 21.9 Å². The Labute approximate surface area is 109 Å². The van der Waals surface area contributed by atoms with Gasteiger partial charge in [0.05, 0.1) is 12.8 Å². The van der Waals surface area contributed by atoms with Crippen LogP contribution in [0.1, 0.15) is 30.0 Å². The highest BCUT2D eigenvalue weighted by atomic mass is 79.9. The van der Waals surface area contributed by atoms with E-state index in [0.29, 0.717) is 6.54 Å². The second-order valence-electron chi connectivity index (χ2n) is 3.86. The molecule has 0 spiro atoms. The highest BCUT2D eigenvalue weighted by molar-refractivity contribution is 9.10. The molecule has 2 atom stereocenters.